The Labute approximate surface area is 168 Å². The average Bonchev–Trinajstić information content (AvgIpc) is 3.42. The fourth-order valence-corrected chi connectivity index (χ4v) is 3.65. The van der Waals surface area contributed by atoms with Gasteiger partial charge in [0.05, 0.1) is 0 Å². The van der Waals surface area contributed by atoms with E-state index < -0.39 is 0 Å². The predicted octanol–water partition coefficient (Wildman–Crippen LogP) is 2.62. The van der Waals surface area contributed by atoms with E-state index in [-0.39, 0.29) is 5.92 Å². The molecule has 0 spiro atoms. The maximum atomic E-state index is 5.46. The highest BCUT2D eigenvalue weighted by atomic mass is 16.5. The lowest BCUT2D eigenvalue weighted by Gasteiger charge is -2.31. The zero-order chi connectivity index (χ0) is 19.8. The lowest BCUT2D eigenvalue weighted by molar-refractivity contribution is 0.329. The van der Waals surface area contributed by atoms with Crippen molar-refractivity contribution >= 4 is 17.4 Å². The number of nitrogens with zero attached hydrogens (tertiary/aromatic N) is 8. The Bertz CT molecular complexity index is 1110. The minimum Gasteiger partial charge on any atom is -0.355 e. The van der Waals surface area contributed by atoms with Crippen LogP contribution in [0.25, 0.3) is 17.0 Å². The van der Waals surface area contributed by atoms with Crippen molar-refractivity contribution in [1.82, 2.24) is 30.0 Å². The van der Waals surface area contributed by atoms with E-state index in [1.54, 1.807) is 0 Å². The van der Waals surface area contributed by atoms with Crippen LogP contribution in [-0.2, 0) is 0 Å². The van der Waals surface area contributed by atoms with Crippen molar-refractivity contribution in [3.05, 3.63) is 48.4 Å². The van der Waals surface area contributed by atoms with E-state index in [1.807, 2.05) is 66.0 Å². The topological polar surface area (TPSA) is 88.5 Å². The molecule has 1 aliphatic heterocycles. The van der Waals surface area contributed by atoms with Crippen LogP contribution in [0.2, 0.25) is 0 Å². The first-order valence-electron chi connectivity index (χ1n) is 9.73. The molecular weight excluding hydrogens is 368 g/mol. The Hall–Kier alpha value is -3.49. The first kappa shape index (κ1) is 17.6. The van der Waals surface area contributed by atoms with Gasteiger partial charge in [0.2, 0.25) is 5.89 Å². The molecule has 29 heavy (non-hydrogen) atoms. The van der Waals surface area contributed by atoms with Crippen molar-refractivity contribution in [3.8, 4) is 11.4 Å². The molecule has 0 atom stereocenters. The second kappa shape index (κ2) is 7.16. The van der Waals surface area contributed by atoms with E-state index in [2.05, 4.69) is 25.2 Å². The van der Waals surface area contributed by atoms with E-state index in [1.165, 1.54) is 0 Å². The van der Waals surface area contributed by atoms with Gasteiger partial charge in [0.25, 0.3) is 5.95 Å². The summed E-state index contributed by atoms with van der Waals surface area (Å²) in [5, 5.41) is 17.4. The Morgan fingerprint density at radius 1 is 1.00 bits per heavy atom. The smallest absolute Gasteiger partial charge is 0.265 e. The summed E-state index contributed by atoms with van der Waals surface area (Å²) in [6.07, 6.45) is 1.89. The summed E-state index contributed by atoms with van der Waals surface area (Å²) < 4.78 is 7.28. The minimum atomic E-state index is 0.283. The van der Waals surface area contributed by atoms with Gasteiger partial charge in [-0.1, -0.05) is 30.3 Å². The van der Waals surface area contributed by atoms with E-state index in [0.29, 0.717) is 5.95 Å². The third-order valence-corrected chi connectivity index (χ3v) is 5.28. The van der Waals surface area contributed by atoms with Gasteiger partial charge in [0.15, 0.2) is 11.5 Å². The number of aromatic nitrogens is 6. The summed E-state index contributed by atoms with van der Waals surface area (Å²) in [7, 11) is 3.82. The molecule has 1 aliphatic rings. The molecular formula is C20H22N8O. The van der Waals surface area contributed by atoms with Gasteiger partial charge in [0.1, 0.15) is 5.82 Å². The fraction of sp³-hybridized carbons (Fsp3) is 0.350. The Balaban J connectivity index is 1.35. The van der Waals surface area contributed by atoms with Crippen LogP contribution in [0.3, 0.4) is 0 Å². The number of hydrogen-bond acceptors (Lipinski definition) is 8. The van der Waals surface area contributed by atoms with Gasteiger partial charge >= 0.3 is 0 Å². The quantitative estimate of drug-likeness (QED) is 0.525. The van der Waals surface area contributed by atoms with Crippen molar-refractivity contribution < 1.29 is 4.52 Å². The van der Waals surface area contributed by atoms with Gasteiger partial charge in [0, 0.05) is 38.7 Å². The van der Waals surface area contributed by atoms with Crippen LogP contribution >= 0.6 is 0 Å². The summed E-state index contributed by atoms with van der Waals surface area (Å²) in [6.45, 7) is 1.76. The zero-order valence-electron chi connectivity index (χ0n) is 16.4. The molecule has 0 aliphatic carbocycles. The molecule has 1 saturated heterocycles. The molecule has 4 heterocycles. The third kappa shape index (κ3) is 3.28. The highest BCUT2D eigenvalue weighted by Crippen LogP contribution is 2.30. The number of benzene rings is 1. The highest BCUT2D eigenvalue weighted by molar-refractivity contribution is 5.59. The highest BCUT2D eigenvalue weighted by Gasteiger charge is 2.26. The molecule has 0 saturated carbocycles. The number of rotatable bonds is 4. The molecule has 0 unspecified atom stereocenters. The van der Waals surface area contributed by atoms with E-state index in [9.17, 15) is 0 Å². The van der Waals surface area contributed by atoms with Gasteiger partial charge in [-0.15, -0.1) is 15.3 Å². The van der Waals surface area contributed by atoms with Crippen molar-refractivity contribution in [1.29, 1.82) is 0 Å². The van der Waals surface area contributed by atoms with E-state index >= 15 is 0 Å². The standard InChI is InChI=1S/C20H22N8O/c1-26(2)20-21-19(29-25-20)15-10-12-27(13-11-15)17-9-8-16-22-23-18(28(16)24-17)14-6-4-3-5-7-14/h3-9,15H,10-13H2,1-2H3. The number of hydrogen-bond donors (Lipinski definition) is 0. The van der Waals surface area contributed by atoms with Gasteiger partial charge in [-0.3, -0.25) is 0 Å². The molecule has 9 nitrogen and oxygen atoms in total. The van der Waals surface area contributed by atoms with Gasteiger partial charge in [-0.2, -0.15) is 9.50 Å². The van der Waals surface area contributed by atoms with Crippen LogP contribution < -0.4 is 9.80 Å². The number of piperidine rings is 1. The molecule has 9 heteroatoms. The molecule has 4 aromatic rings. The molecule has 0 N–H and O–H groups in total. The molecule has 0 bridgehead atoms. The van der Waals surface area contributed by atoms with Gasteiger partial charge in [-0.05, 0) is 30.1 Å². The predicted molar refractivity (Wildman–Crippen MR) is 109 cm³/mol. The van der Waals surface area contributed by atoms with Crippen molar-refractivity contribution in [3.63, 3.8) is 0 Å². The first-order chi connectivity index (χ1) is 14.2. The van der Waals surface area contributed by atoms with Crippen LogP contribution in [0.1, 0.15) is 24.7 Å². The Kier molecular flexibility index (Phi) is 4.34. The van der Waals surface area contributed by atoms with Gasteiger partial charge in [-0.25, -0.2) is 0 Å². The normalized spacial score (nSPS) is 15.2. The van der Waals surface area contributed by atoms with Crippen LogP contribution in [-0.4, -0.2) is 57.1 Å². The van der Waals surface area contributed by atoms with Crippen LogP contribution in [0, 0.1) is 0 Å². The summed E-state index contributed by atoms with van der Waals surface area (Å²) in [5.41, 5.74) is 1.74. The maximum absolute atomic E-state index is 5.46. The minimum absolute atomic E-state index is 0.283. The number of anilines is 2. The van der Waals surface area contributed by atoms with Crippen molar-refractivity contribution in [2.24, 2.45) is 0 Å². The van der Waals surface area contributed by atoms with E-state index in [0.717, 1.165) is 54.7 Å². The molecule has 3 aromatic heterocycles. The maximum Gasteiger partial charge on any atom is 0.265 e. The second-order valence-corrected chi connectivity index (χ2v) is 7.44. The van der Waals surface area contributed by atoms with Crippen molar-refractivity contribution in [2.45, 2.75) is 18.8 Å². The van der Waals surface area contributed by atoms with Crippen LogP contribution in [0.5, 0.6) is 0 Å². The third-order valence-electron chi connectivity index (χ3n) is 5.28. The molecule has 0 amide bonds. The zero-order valence-corrected chi connectivity index (χ0v) is 16.4. The van der Waals surface area contributed by atoms with E-state index in [4.69, 9.17) is 9.62 Å². The SMILES string of the molecule is CN(C)c1noc(C2CCN(c3ccc4nnc(-c5ccccc5)n4n3)CC2)n1. The van der Waals surface area contributed by atoms with Gasteiger partial charge < -0.3 is 14.3 Å². The number of fused-ring (bicyclic) bond motifs is 1. The lowest BCUT2D eigenvalue weighted by atomic mass is 9.97. The largest absolute Gasteiger partial charge is 0.355 e. The average molecular weight is 390 g/mol. The van der Waals surface area contributed by atoms with Crippen LogP contribution in [0.15, 0.2) is 47.0 Å². The monoisotopic (exact) mass is 390 g/mol. The molecule has 5 rings (SSSR count). The molecule has 0 radical (unpaired) electrons. The summed E-state index contributed by atoms with van der Waals surface area (Å²) in [6, 6.07) is 14.0. The van der Waals surface area contributed by atoms with Crippen molar-refractivity contribution in [2.75, 3.05) is 37.0 Å². The molecule has 148 valence electrons. The fourth-order valence-electron chi connectivity index (χ4n) is 3.65. The Morgan fingerprint density at radius 2 is 1.79 bits per heavy atom. The summed E-state index contributed by atoms with van der Waals surface area (Å²) in [5.74, 6) is 3.30. The lowest BCUT2D eigenvalue weighted by Crippen LogP contribution is -2.33. The van der Waals surface area contributed by atoms with Crippen LogP contribution in [0.4, 0.5) is 11.8 Å². The molecule has 1 fully saturated rings. The summed E-state index contributed by atoms with van der Waals surface area (Å²) >= 11 is 0. The first-order valence-corrected chi connectivity index (χ1v) is 9.73. The molecule has 1 aromatic carbocycles. The Morgan fingerprint density at radius 3 is 2.52 bits per heavy atom. The second-order valence-electron chi connectivity index (χ2n) is 7.44. The summed E-state index contributed by atoms with van der Waals surface area (Å²) in [4.78, 5) is 8.64.